The van der Waals surface area contributed by atoms with Gasteiger partial charge in [0.2, 0.25) is 5.95 Å². The zero-order valence-corrected chi connectivity index (χ0v) is 15.6. The van der Waals surface area contributed by atoms with Crippen LogP contribution in [0.15, 0.2) is 54.6 Å². The summed E-state index contributed by atoms with van der Waals surface area (Å²) in [4.78, 5) is 9.01. The summed E-state index contributed by atoms with van der Waals surface area (Å²) >= 11 is 12.1. The van der Waals surface area contributed by atoms with Crippen LogP contribution in [0.25, 0.3) is 11.3 Å². The van der Waals surface area contributed by atoms with Crippen molar-refractivity contribution in [3.63, 3.8) is 0 Å². The Bertz CT molecular complexity index is 870. The summed E-state index contributed by atoms with van der Waals surface area (Å²) < 4.78 is 0. The summed E-state index contributed by atoms with van der Waals surface area (Å²) in [7, 11) is 0. The molecule has 26 heavy (non-hydrogen) atoms. The average molecular weight is 389 g/mol. The Hall–Kier alpha value is -2.34. The van der Waals surface area contributed by atoms with E-state index in [1.807, 2.05) is 43.3 Å². The molecule has 0 unspecified atom stereocenters. The Kier molecular flexibility index (Phi) is 5.93. The van der Waals surface area contributed by atoms with Gasteiger partial charge in [0.25, 0.3) is 0 Å². The van der Waals surface area contributed by atoms with Gasteiger partial charge in [-0.15, -0.1) is 0 Å². The monoisotopic (exact) mass is 388 g/mol. The van der Waals surface area contributed by atoms with Crippen molar-refractivity contribution in [3.05, 3.63) is 64.6 Å². The maximum atomic E-state index is 9.28. The SMILES string of the molecule is C[C@H](CO)Nc1nc(Nc2cc(Cl)cc(Cl)c2)cc(-c2ccccc2)n1. The number of rotatable bonds is 6. The summed E-state index contributed by atoms with van der Waals surface area (Å²) in [6.07, 6.45) is 0. The maximum Gasteiger partial charge on any atom is 0.225 e. The Morgan fingerprint density at radius 3 is 2.35 bits per heavy atom. The van der Waals surface area contributed by atoms with E-state index in [0.29, 0.717) is 21.8 Å². The molecule has 1 heterocycles. The lowest BCUT2D eigenvalue weighted by Crippen LogP contribution is -2.21. The first-order valence-electron chi connectivity index (χ1n) is 8.08. The number of hydrogen-bond acceptors (Lipinski definition) is 5. The van der Waals surface area contributed by atoms with Gasteiger partial charge < -0.3 is 15.7 Å². The van der Waals surface area contributed by atoms with Crippen molar-refractivity contribution in [1.82, 2.24) is 9.97 Å². The average Bonchev–Trinajstić information content (AvgIpc) is 2.61. The molecule has 1 aromatic heterocycles. The molecule has 5 nitrogen and oxygen atoms in total. The molecule has 0 aliphatic heterocycles. The van der Waals surface area contributed by atoms with Gasteiger partial charge in [0.1, 0.15) is 5.82 Å². The minimum Gasteiger partial charge on any atom is -0.394 e. The third kappa shape index (κ3) is 4.85. The number of nitrogens with one attached hydrogen (secondary N) is 2. The zero-order chi connectivity index (χ0) is 18.5. The fourth-order valence-electron chi connectivity index (χ4n) is 2.37. The van der Waals surface area contributed by atoms with E-state index < -0.39 is 0 Å². The van der Waals surface area contributed by atoms with E-state index in [1.54, 1.807) is 18.2 Å². The van der Waals surface area contributed by atoms with Gasteiger partial charge in [0.15, 0.2) is 0 Å². The van der Waals surface area contributed by atoms with E-state index in [-0.39, 0.29) is 12.6 Å². The Balaban J connectivity index is 1.98. The third-order valence-corrected chi connectivity index (χ3v) is 4.02. The van der Waals surface area contributed by atoms with Crippen molar-refractivity contribution in [2.75, 3.05) is 17.2 Å². The van der Waals surface area contributed by atoms with E-state index in [2.05, 4.69) is 20.6 Å². The number of benzene rings is 2. The van der Waals surface area contributed by atoms with Crippen molar-refractivity contribution in [2.24, 2.45) is 0 Å². The highest BCUT2D eigenvalue weighted by atomic mass is 35.5. The van der Waals surface area contributed by atoms with Gasteiger partial charge in [-0.05, 0) is 25.1 Å². The van der Waals surface area contributed by atoms with Crippen LogP contribution in [0, 0.1) is 0 Å². The summed E-state index contributed by atoms with van der Waals surface area (Å²) in [6, 6.07) is 16.7. The Labute approximate surface area is 162 Å². The molecule has 0 aliphatic carbocycles. The van der Waals surface area contributed by atoms with Crippen molar-refractivity contribution >= 4 is 40.7 Å². The van der Waals surface area contributed by atoms with Crippen LogP contribution in [-0.4, -0.2) is 27.7 Å². The van der Waals surface area contributed by atoms with Crippen molar-refractivity contribution < 1.29 is 5.11 Å². The number of aliphatic hydroxyl groups excluding tert-OH is 1. The van der Waals surface area contributed by atoms with E-state index >= 15 is 0 Å². The van der Waals surface area contributed by atoms with Gasteiger partial charge in [-0.2, -0.15) is 4.98 Å². The Morgan fingerprint density at radius 2 is 1.69 bits per heavy atom. The number of nitrogens with zero attached hydrogens (tertiary/aromatic N) is 2. The highest BCUT2D eigenvalue weighted by molar-refractivity contribution is 6.35. The fraction of sp³-hybridized carbons (Fsp3) is 0.158. The maximum absolute atomic E-state index is 9.28. The smallest absolute Gasteiger partial charge is 0.225 e. The van der Waals surface area contributed by atoms with Crippen LogP contribution in [0.2, 0.25) is 10.0 Å². The van der Waals surface area contributed by atoms with Gasteiger partial charge in [-0.3, -0.25) is 0 Å². The quantitative estimate of drug-likeness (QED) is 0.554. The van der Waals surface area contributed by atoms with Crippen LogP contribution >= 0.6 is 23.2 Å². The van der Waals surface area contributed by atoms with Crippen molar-refractivity contribution in [2.45, 2.75) is 13.0 Å². The van der Waals surface area contributed by atoms with Gasteiger partial charge in [-0.25, -0.2) is 4.98 Å². The normalized spacial score (nSPS) is 11.8. The first-order chi connectivity index (χ1) is 12.5. The lowest BCUT2D eigenvalue weighted by atomic mass is 10.1. The van der Waals surface area contributed by atoms with Crippen molar-refractivity contribution in [3.8, 4) is 11.3 Å². The van der Waals surface area contributed by atoms with E-state index in [0.717, 1.165) is 16.9 Å². The van der Waals surface area contributed by atoms with Crippen LogP contribution in [0.5, 0.6) is 0 Å². The standard InChI is InChI=1S/C19H18Cl2N4O/c1-12(11-26)22-19-24-17(13-5-3-2-4-6-13)10-18(25-19)23-16-8-14(20)7-15(21)9-16/h2-10,12,26H,11H2,1H3,(H2,22,23,24,25)/t12-/m1/s1. The number of aliphatic hydroxyl groups is 1. The lowest BCUT2D eigenvalue weighted by Gasteiger charge is -2.14. The molecule has 0 spiro atoms. The first kappa shape index (κ1) is 18.5. The zero-order valence-electron chi connectivity index (χ0n) is 14.1. The predicted octanol–water partition coefficient (Wildman–Crippen LogP) is 4.99. The van der Waals surface area contributed by atoms with Crippen molar-refractivity contribution in [1.29, 1.82) is 0 Å². The highest BCUT2D eigenvalue weighted by Gasteiger charge is 2.10. The number of hydrogen-bond donors (Lipinski definition) is 3. The molecule has 2 aromatic carbocycles. The van der Waals surface area contributed by atoms with Crippen LogP contribution in [0.1, 0.15) is 6.92 Å². The molecule has 1 atom stereocenters. The second kappa shape index (κ2) is 8.36. The van der Waals surface area contributed by atoms with E-state index in [9.17, 15) is 5.11 Å². The molecule has 0 bridgehead atoms. The topological polar surface area (TPSA) is 70.1 Å². The molecule has 134 valence electrons. The van der Waals surface area contributed by atoms with E-state index in [1.165, 1.54) is 0 Å². The summed E-state index contributed by atoms with van der Waals surface area (Å²) in [5.41, 5.74) is 2.44. The molecule has 0 saturated heterocycles. The molecular weight excluding hydrogens is 371 g/mol. The summed E-state index contributed by atoms with van der Waals surface area (Å²) in [6.45, 7) is 1.83. The first-order valence-corrected chi connectivity index (χ1v) is 8.84. The van der Waals surface area contributed by atoms with Crippen LogP contribution in [-0.2, 0) is 0 Å². The van der Waals surface area contributed by atoms with Crippen LogP contribution < -0.4 is 10.6 Å². The molecule has 3 aromatic rings. The van der Waals surface area contributed by atoms with Gasteiger partial charge in [-0.1, -0.05) is 53.5 Å². The predicted molar refractivity (Wildman–Crippen MR) is 107 cm³/mol. The number of anilines is 3. The van der Waals surface area contributed by atoms with Crippen LogP contribution in [0.3, 0.4) is 0 Å². The lowest BCUT2D eigenvalue weighted by molar-refractivity contribution is 0.281. The minimum atomic E-state index is -0.172. The van der Waals surface area contributed by atoms with Gasteiger partial charge in [0.05, 0.1) is 12.3 Å². The largest absolute Gasteiger partial charge is 0.394 e. The number of halogens is 2. The van der Waals surface area contributed by atoms with E-state index in [4.69, 9.17) is 23.2 Å². The molecule has 3 rings (SSSR count). The fourth-order valence-corrected chi connectivity index (χ4v) is 2.90. The molecular formula is C19H18Cl2N4O. The second-order valence-electron chi connectivity index (χ2n) is 5.84. The molecule has 3 N–H and O–H groups in total. The van der Waals surface area contributed by atoms with Gasteiger partial charge in [0, 0.05) is 33.4 Å². The molecule has 0 saturated carbocycles. The van der Waals surface area contributed by atoms with Crippen LogP contribution in [0.4, 0.5) is 17.5 Å². The highest BCUT2D eigenvalue weighted by Crippen LogP contribution is 2.27. The summed E-state index contributed by atoms with van der Waals surface area (Å²) in [5.74, 6) is 1.01. The molecule has 7 heteroatoms. The third-order valence-electron chi connectivity index (χ3n) is 3.58. The second-order valence-corrected chi connectivity index (χ2v) is 6.71. The van der Waals surface area contributed by atoms with Gasteiger partial charge >= 0.3 is 0 Å². The molecule has 0 fully saturated rings. The summed E-state index contributed by atoms with van der Waals surface area (Å²) in [5, 5.41) is 16.6. The molecule has 0 aliphatic rings. The minimum absolute atomic E-state index is 0.0222. The Morgan fingerprint density at radius 1 is 1.00 bits per heavy atom. The molecule has 0 amide bonds. The molecule has 0 radical (unpaired) electrons. The number of aromatic nitrogens is 2.